The van der Waals surface area contributed by atoms with Gasteiger partial charge in [-0.15, -0.1) is 11.3 Å². The molecule has 0 N–H and O–H groups in total. The van der Waals surface area contributed by atoms with Gasteiger partial charge in [-0.1, -0.05) is 23.2 Å². The number of anilines is 1. The quantitative estimate of drug-likeness (QED) is 0.795. The monoisotopic (exact) mass is 285 g/mol. The van der Waals surface area contributed by atoms with E-state index in [0.717, 1.165) is 5.69 Å². The number of sulfone groups is 1. The Bertz CT molecular complexity index is 455. The highest BCUT2D eigenvalue weighted by Crippen LogP contribution is 2.38. The Hall–Kier alpha value is 0.0300. The second-order valence-electron chi connectivity index (χ2n) is 3.35. The van der Waals surface area contributed by atoms with Crippen LogP contribution in [0.25, 0.3) is 0 Å². The zero-order valence-electron chi connectivity index (χ0n) is 7.74. The maximum absolute atomic E-state index is 11.2. The van der Waals surface area contributed by atoms with Crippen molar-refractivity contribution in [2.75, 3.05) is 29.5 Å². The summed E-state index contributed by atoms with van der Waals surface area (Å²) in [6, 6.07) is 1.78. The fraction of sp³-hybridized carbons (Fsp3) is 0.500. The summed E-state index contributed by atoms with van der Waals surface area (Å²) in [6.45, 7) is 0.990. The molecule has 1 aromatic rings. The highest BCUT2D eigenvalue weighted by molar-refractivity contribution is 7.91. The summed E-state index contributed by atoms with van der Waals surface area (Å²) in [7, 11) is -2.84. The Morgan fingerprint density at radius 3 is 2.33 bits per heavy atom. The highest BCUT2D eigenvalue weighted by atomic mass is 35.5. The lowest BCUT2D eigenvalue weighted by atomic mass is 10.4. The minimum atomic E-state index is -2.84. The second-order valence-corrected chi connectivity index (χ2v) is 7.94. The molecule has 1 aliphatic rings. The number of nitrogens with zero attached hydrogens (tertiary/aromatic N) is 1. The van der Waals surface area contributed by atoms with E-state index in [0.29, 0.717) is 21.8 Å². The van der Waals surface area contributed by atoms with Crippen LogP contribution in [0.5, 0.6) is 0 Å². The molecular weight excluding hydrogens is 277 g/mol. The van der Waals surface area contributed by atoms with Crippen molar-refractivity contribution in [1.82, 2.24) is 0 Å². The van der Waals surface area contributed by atoms with E-state index in [2.05, 4.69) is 0 Å². The number of hydrogen-bond donors (Lipinski definition) is 0. The number of rotatable bonds is 1. The van der Waals surface area contributed by atoms with Gasteiger partial charge in [-0.3, -0.25) is 0 Å². The lowest BCUT2D eigenvalue weighted by Crippen LogP contribution is -2.40. The summed E-state index contributed by atoms with van der Waals surface area (Å²) >= 11 is 13.1. The van der Waals surface area contributed by atoms with Crippen molar-refractivity contribution in [2.24, 2.45) is 0 Å². The molecule has 15 heavy (non-hydrogen) atoms. The molecule has 0 bridgehead atoms. The van der Waals surface area contributed by atoms with Crippen LogP contribution in [0.15, 0.2) is 6.07 Å². The normalized spacial score (nSPS) is 20.5. The van der Waals surface area contributed by atoms with Crippen LogP contribution in [0, 0.1) is 0 Å². The fourth-order valence-corrected chi connectivity index (χ4v) is 4.21. The molecule has 0 amide bonds. The summed E-state index contributed by atoms with van der Waals surface area (Å²) in [5, 5.41) is 0. The highest BCUT2D eigenvalue weighted by Gasteiger charge is 2.23. The molecule has 0 radical (unpaired) electrons. The number of halogens is 2. The van der Waals surface area contributed by atoms with Gasteiger partial charge in [0.25, 0.3) is 0 Å². The molecular formula is C8H9Cl2NO2S2. The number of hydrogen-bond acceptors (Lipinski definition) is 4. The third-order valence-corrected chi connectivity index (χ3v) is 5.40. The predicted molar refractivity (Wildman–Crippen MR) is 65.2 cm³/mol. The van der Waals surface area contributed by atoms with E-state index in [4.69, 9.17) is 23.2 Å². The van der Waals surface area contributed by atoms with E-state index >= 15 is 0 Å². The smallest absolute Gasteiger partial charge is 0.153 e. The van der Waals surface area contributed by atoms with Gasteiger partial charge in [-0.25, -0.2) is 8.42 Å². The molecule has 0 atom stereocenters. The average molecular weight is 286 g/mol. The molecule has 1 fully saturated rings. The van der Waals surface area contributed by atoms with Crippen molar-refractivity contribution in [1.29, 1.82) is 0 Å². The molecule has 1 saturated heterocycles. The van der Waals surface area contributed by atoms with Gasteiger partial charge >= 0.3 is 0 Å². The molecule has 1 aliphatic heterocycles. The largest absolute Gasteiger partial charge is 0.368 e. The molecule has 0 spiro atoms. The Balaban J connectivity index is 2.17. The topological polar surface area (TPSA) is 37.4 Å². The van der Waals surface area contributed by atoms with Crippen molar-refractivity contribution >= 4 is 50.1 Å². The van der Waals surface area contributed by atoms with Crippen molar-refractivity contribution in [2.45, 2.75) is 0 Å². The summed E-state index contributed by atoms with van der Waals surface area (Å²) in [5.74, 6) is 0.383. The molecule has 1 aromatic heterocycles. The van der Waals surface area contributed by atoms with Crippen LogP contribution in [0.2, 0.25) is 8.67 Å². The lowest BCUT2D eigenvalue weighted by molar-refractivity contribution is 0.587. The molecule has 84 valence electrons. The predicted octanol–water partition coefficient (Wildman–Crippen LogP) is 2.29. The van der Waals surface area contributed by atoms with Gasteiger partial charge < -0.3 is 4.90 Å². The van der Waals surface area contributed by atoms with Gasteiger partial charge in [0.2, 0.25) is 0 Å². The van der Waals surface area contributed by atoms with Gasteiger partial charge in [-0.2, -0.15) is 0 Å². The lowest BCUT2D eigenvalue weighted by Gasteiger charge is -2.27. The fourth-order valence-electron chi connectivity index (χ4n) is 1.50. The third kappa shape index (κ3) is 2.58. The summed E-state index contributed by atoms with van der Waals surface area (Å²) in [5.41, 5.74) is 0.849. The molecule has 0 aliphatic carbocycles. The second kappa shape index (κ2) is 4.13. The van der Waals surface area contributed by atoms with Crippen molar-refractivity contribution < 1.29 is 8.42 Å². The summed E-state index contributed by atoms with van der Waals surface area (Å²) in [6.07, 6.45) is 0. The van der Waals surface area contributed by atoms with E-state index < -0.39 is 9.84 Å². The Morgan fingerprint density at radius 2 is 1.87 bits per heavy atom. The molecule has 0 aromatic carbocycles. The van der Waals surface area contributed by atoms with Gasteiger partial charge in [0.05, 0.1) is 21.5 Å². The van der Waals surface area contributed by atoms with E-state index in [9.17, 15) is 8.42 Å². The van der Waals surface area contributed by atoms with Crippen molar-refractivity contribution in [3.8, 4) is 0 Å². The zero-order chi connectivity index (χ0) is 11.1. The molecule has 3 nitrogen and oxygen atoms in total. The summed E-state index contributed by atoms with van der Waals surface area (Å²) < 4.78 is 23.7. The van der Waals surface area contributed by atoms with Gasteiger partial charge in [0.15, 0.2) is 9.84 Å². The Labute approximate surface area is 103 Å². The Morgan fingerprint density at radius 1 is 1.27 bits per heavy atom. The van der Waals surface area contributed by atoms with Gasteiger partial charge in [-0.05, 0) is 6.07 Å². The van der Waals surface area contributed by atoms with E-state index in [1.165, 1.54) is 11.3 Å². The van der Waals surface area contributed by atoms with Crippen molar-refractivity contribution in [3.63, 3.8) is 0 Å². The average Bonchev–Trinajstić information content (AvgIpc) is 2.45. The zero-order valence-corrected chi connectivity index (χ0v) is 10.9. The minimum Gasteiger partial charge on any atom is -0.368 e. The third-order valence-electron chi connectivity index (χ3n) is 2.32. The maximum Gasteiger partial charge on any atom is 0.153 e. The molecule has 0 unspecified atom stereocenters. The van der Waals surface area contributed by atoms with Crippen LogP contribution < -0.4 is 4.90 Å². The van der Waals surface area contributed by atoms with Crippen LogP contribution >= 0.6 is 34.5 Å². The molecule has 2 rings (SSSR count). The SMILES string of the molecule is O=S1(=O)CCN(c2cc(Cl)sc2Cl)CC1. The molecule has 2 heterocycles. The van der Waals surface area contributed by atoms with Gasteiger partial charge in [0.1, 0.15) is 4.34 Å². The first-order valence-corrected chi connectivity index (χ1v) is 7.77. The minimum absolute atomic E-state index is 0.191. The van der Waals surface area contributed by atoms with Crippen LogP contribution in [0.3, 0.4) is 0 Å². The maximum atomic E-state index is 11.2. The first kappa shape index (κ1) is 11.5. The first-order chi connectivity index (χ1) is 6.98. The standard InChI is InChI=1S/C8H9Cl2NO2S2/c9-7-5-6(8(10)14-7)11-1-3-15(12,13)4-2-11/h5H,1-4H2. The van der Waals surface area contributed by atoms with E-state index in [-0.39, 0.29) is 11.5 Å². The van der Waals surface area contributed by atoms with Gasteiger partial charge in [0, 0.05) is 13.1 Å². The molecule has 7 heteroatoms. The van der Waals surface area contributed by atoms with E-state index in [1.807, 2.05) is 4.90 Å². The summed E-state index contributed by atoms with van der Waals surface area (Å²) in [4.78, 5) is 1.96. The van der Waals surface area contributed by atoms with Crippen LogP contribution in [0.4, 0.5) is 5.69 Å². The Kier molecular flexibility index (Phi) is 3.17. The van der Waals surface area contributed by atoms with E-state index in [1.54, 1.807) is 6.07 Å². The van der Waals surface area contributed by atoms with Crippen LogP contribution in [-0.4, -0.2) is 33.0 Å². The van der Waals surface area contributed by atoms with Crippen LogP contribution in [-0.2, 0) is 9.84 Å². The van der Waals surface area contributed by atoms with Crippen molar-refractivity contribution in [3.05, 3.63) is 14.7 Å². The molecule has 0 saturated carbocycles. The van der Waals surface area contributed by atoms with Crippen LogP contribution in [0.1, 0.15) is 0 Å². The first-order valence-electron chi connectivity index (χ1n) is 4.38. The number of thiophene rings is 1.